The highest BCUT2D eigenvalue weighted by atomic mass is 16.4. The third-order valence-corrected chi connectivity index (χ3v) is 2.52. The van der Waals surface area contributed by atoms with Crippen LogP contribution in [0.25, 0.3) is 22.6 Å². The topological polar surface area (TPSA) is 78.1 Å². The lowest BCUT2D eigenvalue weighted by atomic mass is 10.2. The lowest BCUT2D eigenvalue weighted by Gasteiger charge is -1.89. The van der Waals surface area contributed by atoms with Gasteiger partial charge in [0, 0.05) is 5.39 Å². The highest BCUT2D eigenvalue weighted by molar-refractivity contribution is 5.82. The van der Waals surface area contributed by atoms with E-state index in [-0.39, 0.29) is 6.54 Å². The molecule has 0 atom stereocenters. The van der Waals surface area contributed by atoms with Crippen LogP contribution in [0.2, 0.25) is 0 Å². The quantitative estimate of drug-likeness (QED) is 0.729. The van der Waals surface area contributed by atoms with Crippen LogP contribution in [0.1, 0.15) is 11.5 Å². The zero-order valence-electron chi connectivity index (χ0n) is 9.30. The second-order valence-corrected chi connectivity index (χ2v) is 3.86. The van der Waals surface area contributed by atoms with Gasteiger partial charge in [0.05, 0.1) is 6.54 Å². The van der Waals surface area contributed by atoms with Crippen LogP contribution in [-0.4, -0.2) is 10.2 Å². The van der Waals surface area contributed by atoms with Gasteiger partial charge in [0.15, 0.2) is 5.76 Å². The molecule has 3 aromatic rings. The van der Waals surface area contributed by atoms with Crippen LogP contribution in [-0.2, 0) is 6.54 Å². The first kappa shape index (κ1) is 10.0. The Kier molecular flexibility index (Phi) is 2.19. The predicted octanol–water partition coefficient (Wildman–Crippen LogP) is 2.25. The fourth-order valence-corrected chi connectivity index (χ4v) is 1.70. The van der Waals surface area contributed by atoms with Crippen molar-refractivity contribution in [3.05, 3.63) is 35.7 Å². The molecular formula is C12H11N3O2. The van der Waals surface area contributed by atoms with Crippen LogP contribution in [0.15, 0.2) is 33.1 Å². The van der Waals surface area contributed by atoms with Gasteiger partial charge in [0.2, 0.25) is 5.89 Å². The summed E-state index contributed by atoms with van der Waals surface area (Å²) in [5, 5.41) is 8.70. The first-order chi connectivity index (χ1) is 8.26. The van der Waals surface area contributed by atoms with E-state index in [1.54, 1.807) is 0 Å². The molecule has 0 aliphatic rings. The first-order valence-corrected chi connectivity index (χ1v) is 5.29. The molecule has 86 valence electrons. The number of hydrogen-bond acceptors (Lipinski definition) is 5. The Bertz CT molecular complexity index is 669. The molecule has 0 aliphatic heterocycles. The molecule has 2 heterocycles. The van der Waals surface area contributed by atoms with Crippen LogP contribution in [0, 0.1) is 6.92 Å². The van der Waals surface area contributed by atoms with Gasteiger partial charge >= 0.3 is 0 Å². The molecular weight excluding hydrogens is 218 g/mol. The summed E-state index contributed by atoms with van der Waals surface area (Å²) < 4.78 is 11.0. The molecule has 0 fully saturated rings. The van der Waals surface area contributed by atoms with E-state index in [1.807, 2.05) is 31.2 Å². The standard InChI is InChI=1S/C12H11N3O2/c1-7-2-3-9-8(4-7)5-10(16-9)12-15-14-11(6-13)17-12/h2-5H,6,13H2,1H3. The van der Waals surface area contributed by atoms with E-state index >= 15 is 0 Å². The molecule has 0 saturated carbocycles. The number of nitrogens with two attached hydrogens (primary N) is 1. The average molecular weight is 229 g/mol. The fraction of sp³-hybridized carbons (Fsp3) is 0.167. The normalized spacial score (nSPS) is 11.2. The van der Waals surface area contributed by atoms with Gasteiger partial charge in [-0.2, -0.15) is 0 Å². The van der Waals surface area contributed by atoms with E-state index in [0.29, 0.717) is 17.5 Å². The number of aryl methyl sites for hydroxylation is 1. The third kappa shape index (κ3) is 1.70. The maximum absolute atomic E-state index is 5.63. The predicted molar refractivity (Wildman–Crippen MR) is 62.1 cm³/mol. The molecule has 5 heteroatoms. The minimum absolute atomic E-state index is 0.229. The SMILES string of the molecule is Cc1ccc2oc(-c3nnc(CN)o3)cc2c1. The summed E-state index contributed by atoms with van der Waals surface area (Å²) in [5.74, 6) is 1.33. The zero-order valence-corrected chi connectivity index (χ0v) is 9.30. The second kappa shape index (κ2) is 3.71. The summed E-state index contributed by atoms with van der Waals surface area (Å²) in [6, 6.07) is 7.85. The molecule has 3 rings (SSSR count). The zero-order chi connectivity index (χ0) is 11.8. The van der Waals surface area contributed by atoms with E-state index in [0.717, 1.165) is 11.0 Å². The number of rotatable bonds is 2. The van der Waals surface area contributed by atoms with E-state index < -0.39 is 0 Å². The first-order valence-electron chi connectivity index (χ1n) is 5.29. The van der Waals surface area contributed by atoms with Crippen molar-refractivity contribution < 1.29 is 8.83 Å². The van der Waals surface area contributed by atoms with Crippen molar-refractivity contribution in [2.24, 2.45) is 5.73 Å². The molecule has 0 aliphatic carbocycles. The molecule has 5 nitrogen and oxygen atoms in total. The lowest BCUT2D eigenvalue weighted by molar-refractivity contribution is 0.489. The van der Waals surface area contributed by atoms with Crippen molar-refractivity contribution in [1.82, 2.24) is 10.2 Å². The highest BCUT2D eigenvalue weighted by Gasteiger charge is 2.12. The largest absolute Gasteiger partial charge is 0.451 e. The fourth-order valence-electron chi connectivity index (χ4n) is 1.70. The number of benzene rings is 1. The van der Waals surface area contributed by atoms with Gasteiger partial charge in [0.25, 0.3) is 5.89 Å². The molecule has 1 aromatic carbocycles. The van der Waals surface area contributed by atoms with Crippen molar-refractivity contribution in [2.75, 3.05) is 0 Å². The number of aromatic nitrogens is 2. The summed E-state index contributed by atoms with van der Waals surface area (Å²) in [5.41, 5.74) is 7.39. The molecule has 2 aromatic heterocycles. The van der Waals surface area contributed by atoms with Crippen molar-refractivity contribution in [1.29, 1.82) is 0 Å². The highest BCUT2D eigenvalue weighted by Crippen LogP contribution is 2.27. The van der Waals surface area contributed by atoms with E-state index in [1.165, 1.54) is 5.56 Å². The van der Waals surface area contributed by atoms with Gasteiger partial charge in [-0.05, 0) is 25.1 Å². The summed E-state index contributed by atoms with van der Waals surface area (Å²) in [6.45, 7) is 2.26. The smallest absolute Gasteiger partial charge is 0.283 e. The number of furan rings is 1. The maximum Gasteiger partial charge on any atom is 0.283 e. The summed E-state index contributed by atoms with van der Waals surface area (Å²) in [4.78, 5) is 0. The Balaban J connectivity index is 2.11. The van der Waals surface area contributed by atoms with Crippen LogP contribution >= 0.6 is 0 Å². The Labute approximate surface area is 97.2 Å². The van der Waals surface area contributed by atoms with Gasteiger partial charge in [-0.1, -0.05) is 11.6 Å². The average Bonchev–Trinajstić information content (AvgIpc) is 2.93. The van der Waals surface area contributed by atoms with E-state index in [2.05, 4.69) is 10.2 Å². The summed E-state index contributed by atoms with van der Waals surface area (Å²) in [6.07, 6.45) is 0. The number of nitrogens with zero attached hydrogens (tertiary/aromatic N) is 2. The molecule has 0 unspecified atom stereocenters. The van der Waals surface area contributed by atoms with Crippen molar-refractivity contribution in [3.63, 3.8) is 0 Å². The van der Waals surface area contributed by atoms with Crippen LogP contribution < -0.4 is 5.73 Å². The Morgan fingerprint density at radius 1 is 1.18 bits per heavy atom. The molecule has 0 bridgehead atoms. The Morgan fingerprint density at radius 3 is 2.82 bits per heavy atom. The molecule has 2 N–H and O–H groups in total. The molecule has 0 spiro atoms. The summed E-state index contributed by atoms with van der Waals surface area (Å²) in [7, 11) is 0. The molecule has 17 heavy (non-hydrogen) atoms. The second-order valence-electron chi connectivity index (χ2n) is 3.86. The lowest BCUT2D eigenvalue weighted by Crippen LogP contribution is -1.95. The minimum Gasteiger partial charge on any atom is -0.451 e. The van der Waals surface area contributed by atoms with Crippen LogP contribution in [0.5, 0.6) is 0 Å². The van der Waals surface area contributed by atoms with Crippen LogP contribution in [0.4, 0.5) is 0 Å². The van der Waals surface area contributed by atoms with Crippen molar-refractivity contribution in [3.8, 4) is 11.7 Å². The van der Waals surface area contributed by atoms with E-state index in [4.69, 9.17) is 14.6 Å². The van der Waals surface area contributed by atoms with E-state index in [9.17, 15) is 0 Å². The minimum atomic E-state index is 0.229. The van der Waals surface area contributed by atoms with Gasteiger partial charge in [-0.25, -0.2) is 0 Å². The Morgan fingerprint density at radius 2 is 2.06 bits per heavy atom. The van der Waals surface area contributed by atoms with Gasteiger partial charge in [-0.15, -0.1) is 10.2 Å². The summed E-state index contributed by atoms with van der Waals surface area (Å²) >= 11 is 0. The monoisotopic (exact) mass is 229 g/mol. The maximum atomic E-state index is 5.63. The molecule has 0 radical (unpaired) electrons. The van der Waals surface area contributed by atoms with Crippen LogP contribution in [0.3, 0.4) is 0 Å². The van der Waals surface area contributed by atoms with Crippen molar-refractivity contribution >= 4 is 11.0 Å². The molecule has 0 saturated heterocycles. The number of fused-ring (bicyclic) bond motifs is 1. The van der Waals surface area contributed by atoms with Crippen molar-refractivity contribution in [2.45, 2.75) is 13.5 Å². The number of hydrogen-bond donors (Lipinski definition) is 1. The third-order valence-electron chi connectivity index (χ3n) is 2.52. The van der Waals surface area contributed by atoms with Gasteiger partial charge in [0.1, 0.15) is 5.58 Å². The Hall–Kier alpha value is -2.14. The van der Waals surface area contributed by atoms with Gasteiger partial charge < -0.3 is 14.6 Å². The van der Waals surface area contributed by atoms with Gasteiger partial charge in [-0.3, -0.25) is 0 Å². The molecule has 0 amide bonds.